The highest BCUT2D eigenvalue weighted by Gasteiger charge is 2.51. The molecule has 4 saturated carbocycles. The summed E-state index contributed by atoms with van der Waals surface area (Å²) in [5.74, 6) is 4.54. The van der Waals surface area contributed by atoms with E-state index < -0.39 is 0 Å². The van der Waals surface area contributed by atoms with Crippen molar-refractivity contribution in [2.24, 2.45) is 17.8 Å². The summed E-state index contributed by atoms with van der Waals surface area (Å²) < 4.78 is 2.27. The van der Waals surface area contributed by atoms with Crippen LogP contribution in [0.1, 0.15) is 63.9 Å². The van der Waals surface area contributed by atoms with E-state index in [1.54, 1.807) is 0 Å². The Bertz CT molecular complexity index is 1010. The van der Waals surface area contributed by atoms with Crippen LogP contribution < -0.4 is 5.32 Å². The summed E-state index contributed by atoms with van der Waals surface area (Å²) >= 11 is 0. The average Bonchev–Trinajstić information content (AvgIpc) is 3.05. The summed E-state index contributed by atoms with van der Waals surface area (Å²) in [5.41, 5.74) is 5.00. The summed E-state index contributed by atoms with van der Waals surface area (Å²) in [7, 11) is 0. The zero-order chi connectivity index (χ0) is 19.6. The molecule has 3 aromatic rings. The predicted molar refractivity (Wildman–Crippen MR) is 119 cm³/mol. The van der Waals surface area contributed by atoms with Crippen LogP contribution in [0.2, 0.25) is 0 Å². The molecule has 4 aliphatic carbocycles. The van der Waals surface area contributed by atoms with Crippen molar-refractivity contribution in [3.63, 3.8) is 0 Å². The van der Waals surface area contributed by atoms with Crippen LogP contribution in [0.5, 0.6) is 0 Å². The van der Waals surface area contributed by atoms with Crippen molar-refractivity contribution >= 4 is 11.5 Å². The fourth-order valence-corrected chi connectivity index (χ4v) is 6.86. The van der Waals surface area contributed by atoms with E-state index in [4.69, 9.17) is 4.98 Å². The Hall–Kier alpha value is -2.29. The maximum atomic E-state index is 5.06. The first-order chi connectivity index (χ1) is 14.1. The van der Waals surface area contributed by atoms with Gasteiger partial charge in [-0.1, -0.05) is 44.2 Å². The van der Waals surface area contributed by atoms with Crippen molar-refractivity contribution < 1.29 is 0 Å². The first kappa shape index (κ1) is 17.6. The molecule has 3 heteroatoms. The van der Waals surface area contributed by atoms with Crippen molar-refractivity contribution in [3.05, 3.63) is 54.2 Å². The Morgan fingerprint density at radius 3 is 2.21 bits per heavy atom. The van der Waals surface area contributed by atoms with Gasteiger partial charge in [0.25, 0.3) is 0 Å². The number of anilines is 1. The van der Waals surface area contributed by atoms with Crippen molar-refractivity contribution in [1.82, 2.24) is 9.38 Å². The highest BCUT2D eigenvalue weighted by Crippen LogP contribution is 2.57. The summed E-state index contributed by atoms with van der Waals surface area (Å²) in [6, 6.07) is 15.4. The molecule has 0 spiro atoms. The monoisotopic (exact) mass is 385 g/mol. The van der Waals surface area contributed by atoms with Crippen LogP contribution >= 0.6 is 0 Å². The second-order valence-corrected chi connectivity index (χ2v) is 10.3. The number of imidazole rings is 1. The Morgan fingerprint density at radius 2 is 1.59 bits per heavy atom. The van der Waals surface area contributed by atoms with Gasteiger partial charge in [0.15, 0.2) is 0 Å². The maximum absolute atomic E-state index is 5.06. The standard InChI is InChI=1S/C26H31N3/c1-17(2)21-6-8-22(9-7-21)24-25(29-10-4-3-5-23(29)27-24)28-26-14-18-11-19(15-26)13-20(12-18)16-26/h3-10,17-20,28H,11-16H2,1-2H3. The van der Waals surface area contributed by atoms with Crippen LogP contribution in [0.25, 0.3) is 16.9 Å². The quantitative estimate of drug-likeness (QED) is 0.555. The third-order valence-corrected chi connectivity index (χ3v) is 7.80. The maximum Gasteiger partial charge on any atom is 0.139 e. The van der Waals surface area contributed by atoms with Crippen LogP contribution in [0.4, 0.5) is 5.82 Å². The molecule has 0 saturated heterocycles. The van der Waals surface area contributed by atoms with Gasteiger partial charge < -0.3 is 5.32 Å². The number of nitrogens with one attached hydrogen (secondary N) is 1. The average molecular weight is 386 g/mol. The second-order valence-electron chi connectivity index (χ2n) is 10.3. The molecule has 0 amide bonds. The molecule has 7 rings (SSSR count). The Kier molecular flexibility index (Phi) is 3.85. The number of hydrogen-bond acceptors (Lipinski definition) is 2. The minimum absolute atomic E-state index is 0.271. The minimum Gasteiger partial charge on any atom is -0.364 e. The molecule has 4 aliphatic rings. The number of pyridine rings is 1. The van der Waals surface area contributed by atoms with E-state index in [1.165, 1.54) is 55.5 Å². The molecule has 1 N–H and O–H groups in total. The van der Waals surface area contributed by atoms with E-state index in [0.29, 0.717) is 5.92 Å². The number of aromatic nitrogens is 2. The van der Waals surface area contributed by atoms with Gasteiger partial charge in [0, 0.05) is 17.3 Å². The van der Waals surface area contributed by atoms with Gasteiger partial charge in [-0.15, -0.1) is 0 Å². The van der Waals surface area contributed by atoms with Gasteiger partial charge in [0.1, 0.15) is 17.2 Å². The highest BCUT2D eigenvalue weighted by atomic mass is 15.2. The lowest BCUT2D eigenvalue weighted by atomic mass is 9.53. The lowest BCUT2D eigenvalue weighted by Crippen LogP contribution is -2.55. The zero-order valence-corrected chi connectivity index (χ0v) is 17.6. The van der Waals surface area contributed by atoms with Gasteiger partial charge in [-0.2, -0.15) is 0 Å². The van der Waals surface area contributed by atoms with E-state index in [1.807, 2.05) is 0 Å². The van der Waals surface area contributed by atoms with E-state index >= 15 is 0 Å². The lowest BCUT2D eigenvalue weighted by Gasteiger charge is -2.57. The molecule has 0 aliphatic heterocycles. The minimum atomic E-state index is 0.271. The highest BCUT2D eigenvalue weighted by molar-refractivity contribution is 5.77. The van der Waals surface area contributed by atoms with E-state index in [9.17, 15) is 0 Å². The van der Waals surface area contributed by atoms with Crippen molar-refractivity contribution in [2.75, 3.05) is 5.32 Å². The van der Waals surface area contributed by atoms with Gasteiger partial charge >= 0.3 is 0 Å². The molecule has 1 aromatic carbocycles. The topological polar surface area (TPSA) is 29.3 Å². The Balaban J connectivity index is 1.43. The molecule has 29 heavy (non-hydrogen) atoms. The fourth-order valence-electron chi connectivity index (χ4n) is 6.86. The molecule has 0 atom stereocenters. The molecule has 4 fully saturated rings. The third-order valence-electron chi connectivity index (χ3n) is 7.80. The lowest BCUT2D eigenvalue weighted by molar-refractivity contribution is 0.0105. The summed E-state index contributed by atoms with van der Waals surface area (Å²) in [6.07, 6.45) is 10.6. The molecule has 2 heterocycles. The van der Waals surface area contributed by atoms with E-state index in [0.717, 1.165) is 29.1 Å². The molecule has 0 unspecified atom stereocenters. The predicted octanol–water partition coefficient (Wildman–Crippen LogP) is 6.51. The first-order valence-electron chi connectivity index (χ1n) is 11.4. The van der Waals surface area contributed by atoms with Crippen LogP contribution in [0, 0.1) is 17.8 Å². The fraction of sp³-hybridized carbons (Fsp3) is 0.500. The summed E-state index contributed by atoms with van der Waals surface area (Å²) in [5, 5.41) is 4.11. The Labute approximate surface area is 173 Å². The van der Waals surface area contributed by atoms with Crippen LogP contribution in [0.3, 0.4) is 0 Å². The third kappa shape index (κ3) is 2.89. The zero-order valence-electron chi connectivity index (χ0n) is 17.6. The number of benzene rings is 1. The smallest absolute Gasteiger partial charge is 0.139 e. The van der Waals surface area contributed by atoms with Crippen LogP contribution in [-0.2, 0) is 0 Å². The van der Waals surface area contributed by atoms with Gasteiger partial charge in [0.2, 0.25) is 0 Å². The van der Waals surface area contributed by atoms with Gasteiger partial charge in [-0.25, -0.2) is 4.98 Å². The van der Waals surface area contributed by atoms with Crippen molar-refractivity contribution in [1.29, 1.82) is 0 Å². The van der Waals surface area contributed by atoms with Crippen LogP contribution in [0.15, 0.2) is 48.7 Å². The van der Waals surface area contributed by atoms with Gasteiger partial charge in [-0.05, 0) is 79.9 Å². The normalized spacial score (nSPS) is 30.4. The molecular weight excluding hydrogens is 354 g/mol. The van der Waals surface area contributed by atoms with Gasteiger partial charge in [-0.3, -0.25) is 4.40 Å². The molecule has 0 radical (unpaired) electrons. The summed E-state index contributed by atoms with van der Waals surface area (Å²) in [6.45, 7) is 4.50. The van der Waals surface area contributed by atoms with Crippen molar-refractivity contribution in [2.45, 2.75) is 63.8 Å². The molecule has 4 bridgehead atoms. The largest absolute Gasteiger partial charge is 0.364 e. The van der Waals surface area contributed by atoms with E-state index in [-0.39, 0.29) is 5.54 Å². The number of hydrogen-bond donors (Lipinski definition) is 1. The van der Waals surface area contributed by atoms with E-state index in [2.05, 4.69) is 72.2 Å². The van der Waals surface area contributed by atoms with Crippen LogP contribution in [-0.4, -0.2) is 14.9 Å². The summed E-state index contributed by atoms with van der Waals surface area (Å²) in [4.78, 5) is 5.06. The number of nitrogens with zero attached hydrogens (tertiary/aromatic N) is 2. The molecular formula is C26H31N3. The Morgan fingerprint density at radius 1 is 0.931 bits per heavy atom. The molecule has 3 nitrogen and oxygen atoms in total. The molecule has 2 aromatic heterocycles. The number of rotatable bonds is 4. The molecule has 150 valence electrons. The van der Waals surface area contributed by atoms with Crippen molar-refractivity contribution in [3.8, 4) is 11.3 Å². The SMILES string of the molecule is CC(C)c1ccc(-c2nc3ccccn3c2NC23CC4CC(CC(C4)C2)C3)cc1. The van der Waals surface area contributed by atoms with Gasteiger partial charge in [0.05, 0.1) is 0 Å². The second kappa shape index (κ2) is 6.35. The first-order valence-corrected chi connectivity index (χ1v) is 11.4. The number of fused-ring (bicyclic) bond motifs is 1.